The zero-order valence-electron chi connectivity index (χ0n) is 16.2. The number of amidine groups is 1. The molecule has 2 unspecified atom stereocenters. The molecular formula is C20H26F3N3O2S. The molecule has 5 fully saturated rings. The van der Waals surface area contributed by atoms with Gasteiger partial charge >= 0.3 is 6.18 Å². The lowest BCUT2D eigenvalue weighted by atomic mass is 9.82. The first-order valence-corrected chi connectivity index (χ1v) is 11.5. The molecule has 0 spiro atoms. The Morgan fingerprint density at radius 1 is 1.10 bits per heavy atom. The van der Waals surface area contributed by atoms with Gasteiger partial charge in [0.1, 0.15) is 0 Å². The Balaban J connectivity index is 1.33. The summed E-state index contributed by atoms with van der Waals surface area (Å²) in [5, 5.41) is 2.61. The Morgan fingerprint density at radius 2 is 1.83 bits per heavy atom. The van der Waals surface area contributed by atoms with Crippen LogP contribution in [0.4, 0.5) is 13.2 Å². The summed E-state index contributed by atoms with van der Waals surface area (Å²) < 4.78 is 40.3. The highest BCUT2D eigenvalue weighted by Gasteiger charge is 2.69. The largest absolute Gasteiger partial charge is 0.412 e. The molecule has 2 heterocycles. The van der Waals surface area contributed by atoms with Gasteiger partial charge in [0.2, 0.25) is 5.91 Å². The van der Waals surface area contributed by atoms with Crippen molar-refractivity contribution >= 4 is 28.7 Å². The average Bonchev–Trinajstić information content (AvgIpc) is 3.18. The lowest BCUT2D eigenvalue weighted by Crippen LogP contribution is -2.57. The fraction of sp³-hybridized carbons (Fsp3) is 0.850. The summed E-state index contributed by atoms with van der Waals surface area (Å²) in [5.41, 5.74) is 0. The van der Waals surface area contributed by atoms with Crippen molar-refractivity contribution in [1.82, 2.24) is 10.2 Å². The smallest absolute Gasteiger partial charge is 0.342 e. The van der Waals surface area contributed by atoms with Crippen molar-refractivity contribution in [1.29, 1.82) is 0 Å². The zero-order valence-corrected chi connectivity index (χ0v) is 17.0. The third-order valence-electron chi connectivity index (χ3n) is 7.53. The standard InChI is InChI=1S/C20H26F3N3O2S/c21-20(22,23)19(14-5-7-26(8-6-14)16(27)12-3-4-12)17(28)25-18(29-19)24-15-10-11-1-2-13(15)9-11/h11-15H,1-10H2,(H,24,25,28)/t11-,13?,15+,19?/m1/s1. The number of hydrogen-bond acceptors (Lipinski definition) is 4. The summed E-state index contributed by atoms with van der Waals surface area (Å²) in [7, 11) is 0. The van der Waals surface area contributed by atoms with Gasteiger partial charge in [-0.05, 0) is 62.7 Å². The van der Waals surface area contributed by atoms with E-state index in [9.17, 15) is 22.8 Å². The molecule has 5 nitrogen and oxygen atoms in total. The molecular weight excluding hydrogens is 403 g/mol. The number of likely N-dealkylation sites (tertiary alicyclic amines) is 1. The van der Waals surface area contributed by atoms with E-state index in [1.807, 2.05) is 0 Å². The molecule has 29 heavy (non-hydrogen) atoms. The summed E-state index contributed by atoms with van der Waals surface area (Å²) in [4.78, 5) is 31.2. The van der Waals surface area contributed by atoms with Crippen molar-refractivity contribution in [3.05, 3.63) is 0 Å². The van der Waals surface area contributed by atoms with Crippen molar-refractivity contribution in [2.24, 2.45) is 28.7 Å². The molecule has 4 atom stereocenters. The lowest BCUT2D eigenvalue weighted by molar-refractivity contribution is -0.181. The fourth-order valence-corrected chi connectivity index (χ4v) is 7.07. The third kappa shape index (κ3) is 3.27. The maximum absolute atomic E-state index is 14.3. The summed E-state index contributed by atoms with van der Waals surface area (Å²) in [6, 6.07) is 0.0404. The molecule has 0 aromatic heterocycles. The van der Waals surface area contributed by atoms with Gasteiger partial charge in [0.15, 0.2) is 9.91 Å². The topological polar surface area (TPSA) is 61.8 Å². The number of aliphatic imine (C=N–C) groups is 1. The van der Waals surface area contributed by atoms with Crippen LogP contribution >= 0.6 is 11.8 Å². The number of alkyl halides is 3. The monoisotopic (exact) mass is 429 g/mol. The van der Waals surface area contributed by atoms with Gasteiger partial charge in [-0.3, -0.25) is 14.6 Å². The molecule has 0 aromatic carbocycles. The van der Waals surface area contributed by atoms with Crippen LogP contribution in [0.25, 0.3) is 0 Å². The van der Waals surface area contributed by atoms with Crippen LogP contribution in [-0.2, 0) is 9.59 Å². The van der Waals surface area contributed by atoms with Gasteiger partial charge in [-0.2, -0.15) is 13.2 Å². The summed E-state index contributed by atoms with van der Waals surface area (Å²) in [6.45, 7) is 0.592. The van der Waals surface area contributed by atoms with Gasteiger partial charge in [-0.1, -0.05) is 18.2 Å². The van der Waals surface area contributed by atoms with E-state index in [4.69, 9.17) is 0 Å². The van der Waals surface area contributed by atoms with Crippen molar-refractivity contribution in [3.63, 3.8) is 0 Å². The number of nitrogens with zero attached hydrogens (tertiary/aromatic N) is 2. The Bertz CT molecular complexity index is 746. The van der Waals surface area contributed by atoms with Gasteiger partial charge in [0.25, 0.3) is 5.91 Å². The molecule has 9 heteroatoms. The maximum Gasteiger partial charge on any atom is 0.412 e. The van der Waals surface area contributed by atoms with Crippen molar-refractivity contribution in [3.8, 4) is 0 Å². The van der Waals surface area contributed by atoms with Crippen LogP contribution in [0, 0.1) is 23.7 Å². The maximum atomic E-state index is 14.3. The van der Waals surface area contributed by atoms with Crippen LogP contribution in [0.3, 0.4) is 0 Å². The van der Waals surface area contributed by atoms with E-state index in [1.54, 1.807) is 4.90 Å². The second-order valence-electron chi connectivity index (χ2n) is 9.34. The normalized spacial score (nSPS) is 39.4. The summed E-state index contributed by atoms with van der Waals surface area (Å²) in [5.74, 6) is -0.619. The predicted octanol–water partition coefficient (Wildman–Crippen LogP) is 3.34. The van der Waals surface area contributed by atoms with Crippen LogP contribution in [-0.4, -0.2) is 51.9 Å². The molecule has 2 bridgehead atoms. The molecule has 3 aliphatic carbocycles. The van der Waals surface area contributed by atoms with Crippen molar-refractivity contribution in [2.75, 3.05) is 13.1 Å². The van der Waals surface area contributed by atoms with E-state index in [0.29, 0.717) is 36.7 Å². The molecule has 5 rings (SSSR count). The van der Waals surface area contributed by atoms with Crippen LogP contribution in [0.2, 0.25) is 0 Å². The molecule has 2 aliphatic heterocycles. The first-order valence-electron chi connectivity index (χ1n) is 10.7. The Hall–Kier alpha value is -1.25. The van der Waals surface area contributed by atoms with E-state index >= 15 is 0 Å². The zero-order chi connectivity index (χ0) is 20.4. The Labute approximate surface area is 172 Å². The number of halogens is 3. The van der Waals surface area contributed by atoms with Gasteiger partial charge in [-0.15, -0.1) is 0 Å². The van der Waals surface area contributed by atoms with E-state index in [-0.39, 0.29) is 35.9 Å². The van der Waals surface area contributed by atoms with Crippen LogP contribution in [0.15, 0.2) is 4.99 Å². The predicted molar refractivity (Wildman–Crippen MR) is 103 cm³/mol. The second kappa shape index (κ2) is 6.89. The fourth-order valence-electron chi connectivity index (χ4n) is 5.77. The lowest BCUT2D eigenvalue weighted by Gasteiger charge is -2.40. The van der Waals surface area contributed by atoms with Gasteiger partial charge in [-0.25, -0.2) is 0 Å². The Morgan fingerprint density at radius 3 is 2.38 bits per heavy atom. The number of hydrogen-bond donors (Lipinski definition) is 1. The summed E-state index contributed by atoms with van der Waals surface area (Å²) >= 11 is 0.583. The minimum absolute atomic E-state index is 0.0404. The molecule has 160 valence electrons. The summed E-state index contributed by atoms with van der Waals surface area (Å²) in [6.07, 6.45) is 1.79. The minimum atomic E-state index is -4.67. The van der Waals surface area contributed by atoms with Crippen LogP contribution in [0.1, 0.15) is 51.4 Å². The van der Waals surface area contributed by atoms with Gasteiger partial charge < -0.3 is 10.2 Å². The van der Waals surface area contributed by atoms with Crippen molar-refractivity contribution < 1.29 is 22.8 Å². The molecule has 0 radical (unpaired) electrons. The highest BCUT2D eigenvalue weighted by molar-refractivity contribution is 8.16. The number of piperidine rings is 1. The quantitative estimate of drug-likeness (QED) is 0.749. The van der Waals surface area contributed by atoms with Gasteiger partial charge in [0, 0.05) is 19.0 Å². The molecule has 5 aliphatic rings. The number of thioether (sulfide) groups is 1. The third-order valence-corrected chi connectivity index (χ3v) is 9.00. The first kappa shape index (κ1) is 19.7. The molecule has 2 amide bonds. The molecule has 2 saturated heterocycles. The first-order chi connectivity index (χ1) is 13.8. The van der Waals surface area contributed by atoms with Gasteiger partial charge in [0.05, 0.1) is 6.04 Å². The second-order valence-corrected chi connectivity index (χ2v) is 10.6. The number of carbonyl (C=O) groups excluding carboxylic acids is 2. The minimum Gasteiger partial charge on any atom is -0.342 e. The van der Waals surface area contributed by atoms with E-state index in [1.165, 1.54) is 6.42 Å². The number of rotatable bonds is 3. The Kier molecular flexibility index (Phi) is 4.68. The van der Waals surface area contributed by atoms with E-state index in [2.05, 4.69) is 10.3 Å². The number of amides is 2. The van der Waals surface area contributed by atoms with Crippen molar-refractivity contribution in [2.45, 2.75) is 68.3 Å². The average molecular weight is 430 g/mol. The highest BCUT2D eigenvalue weighted by Crippen LogP contribution is 2.54. The number of fused-ring (bicyclic) bond motifs is 2. The van der Waals surface area contributed by atoms with E-state index < -0.39 is 22.7 Å². The molecule has 0 aromatic rings. The molecule has 3 saturated carbocycles. The van der Waals surface area contributed by atoms with Crippen LogP contribution < -0.4 is 5.32 Å². The van der Waals surface area contributed by atoms with E-state index in [0.717, 1.165) is 32.1 Å². The number of carbonyl (C=O) groups is 2. The highest BCUT2D eigenvalue weighted by atomic mass is 32.2. The molecule has 1 N–H and O–H groups in total. The van der Waals surface area contributed by atoms with Crippen LogP contribution in [0.5, 0.6) is 0 Å². The SMILES string of the molecule is O=C(C1CC1)N1CCC(C2(C(F)(F)F)SC(=N[C@H]3C[C@@H]4CCC3C4)NC2=O)CC1. The number of nitrogens with one attached hydrogen (secondary N) is 1.